The van der Waals surface area contributed by atoms with E-state index in [0.29, 0.717) is 47.7 Å². The number of hydrogen-bond donors (Lipinski definition) is 1. The standard InChI is InChI=1S/C25H28N4O5/c1-3-34-25(32)17-7-6-14-28(15-17)23-20-8-4-5-9-21(20)24(31)29(27-23)16-22(30)26-18-10-12-19(33-2)13-11-18/h4-5,8-13,17H,3,6-7,14-16H2,1-2H3,(H,26,30)/t17-/m1/s1. The number of ether oxygens (including phenoxy) is 2. The normalized spacial score (nSPS) is 15.7. The maximum absolute atomic E-state index is 13.1. The van der Waals surface area contributed by atoms with E-state index in [1.54, 1.807) is 50.4 Å². The quantitative estimate of drug-likeness (QED) is 0.537. The lowest BCUT2D eigenvalue weighted by Crippen LogP contribution is -2.41. The fourth-order valence-corrected chi connectivity index (χ4v) is 4.19. The molecule has 178 valence electrons. The van der Waals surface area contributed by atoms with Crippen molar-refractivity contribution in [2.24, 2.45) is 5.92 Å². The van der Waals surface area contributed by atoms with Crippen molar-refractivity contribution in [2.75, 3.05) is 37.0 Å². The van der Waals surface area contributed by atoms with E-state index < -0.39 is 0 Å². The molecule has 2 aromatic carbocycles. The number of rotatable bonds is 7. The van der Waals surface area contributed by atoms with Crippen LogP contribution in [0.25, 0.3) is 10.8 Å². The molecule has 34 heavy (non-hydrogen) atoms. The number of methoxy groups -OCH3 is 1. The van der Waals surface area contributed by atoms with Gasteiger partial charge in [0.2, 0.25) is 5.91 Å². The number of carbonyl (C=O) groups is 2. The average molecular weight is 465 g/mol. The van der Waals surface area contributed by atoms with Crippen molar-refractivity contribution in [2.45, 2.75) is 26.3 Å². The summed E-state index contributed by atoms with van der Waals surface area (Å²) >= 11 is 0. The highest BCUT2D eigenvalue weighted by Crippen LogP contribution is 2.27. The second-order valence-corrected chi connectivity index (χ2v) is 8.15. The number of carbonyl (C=O) groups excluding carboxylic acids is 2. The van der Waals surface area contributed by atoms with Gasteiger partial charge in [-0.15, -0.1) is 0 Å². The van der Waals surface area contributed by atoms with Crippen molar-refractivity contribution in [3.8, 4) is 5.75 Å². The third-order valence-electron chi connectivity index (χ3n) is 5.86. The molecule has 0 spiro atoms. The molecule has 1 saturated heterocycles. The number of anilines is 2. The summed E-state index contributed by atoms with van der Waals surface area (Å²) < 4.78 is 11.5. The zero-order valence-electron chi connectivity index (χ0n) is 19.3. The fraction of sp³-hybridized carbons (Fsp3) is 0.360. The van der Waals surface area contributed by atoms with Gasteiger partial charge in [0, 0.05) is 24.2 Å². The topological polar surface area (TPSA) is 103 Å². The van der Waals surface area contributed by atoms with Gasteiger partial charge in [-0.25, -0.2) is 4.68 Å². The monoisotopic (exact) mass is 464 g/mol. The molecule has 3 aromatic rings. The molecule has 1 aliphatic rings. The third kappa shape index (κ3) is 5.03. The van der Waals surface area contributed by atoms with E-state index >= 15 is 0 Å². The van der Waals surface area contributed by atoms with Crippen LogP contribution in [0.2, 0.25) is 0 Å². The minimum Gasteiger partial charge on any atom is -0.497 e. The van der Waals surface area contributed by atoms with Crippen LogP contribution < -0.4 is 20.5 Å². The van der Waals surface area contributed by atoms with Crippen molar-refractivity contribution in [1.82, 2.24) is 9.78 Å². The van der Waals surface area contributed by atoms with E-state index in [4.69, 9.17) is 9.47 Å². The number of nitrogens with zero attached hydrogens (tertiary/aromatic N) is 3. The first-order chi connectivity index (χ1) is 16.5. The number of benzene rings is 2. The highest BCUT2D eigenvalue weighted by molar-refractivity contribution is 5.93. The van der Waals surface area contributed by atoms with E-state index in [2.05, 4.69) is 10.4 Å². The Balaban J connectivity index is 1.62. The predicted octanol–water partition coefficient (Wildman–Crippen LogP) is 2.82. The summed E-state index contributed by atoms with van der Waals surface area (Å²) in [6.07, 6.45) is 1.55. The van der Waals surface area contributed by atoms with Crippen LogP contribution in [-0.2, 0) is 20.9 Å². The molecule has 1 N–H and O–H groups in total. The molecule has 1 atom stereocenters. The molecule has 9 nitrogen and oxygen atoms in total. The van der Waals surface area contributed by atoms with Gasteiger partial charge in [0.15, 0.2) is 5.82 Å². The van der Waals surface area contributed by atoms with E-state index in [-0.39, 0.29) is 29.9 Å². The van der Waals surface area contributed by atoms with Gasteiger partial charge in [0.1, 0.15) is 12.3 Å². The lowest BCUT2D eigenvalue weighted by atomic mass is 9.98. The van der Waals surface area contributed by atoms with E-state index in [1.165, 1.54) is 4.68 Å². The van der Waals surface area contributed by atoms with Crippen LogP contribution in [0.5, 0.6) is 5.75 Å². The number of esters is 1. The Kier molecular flexibility index (Phi) is 7.10. The van der Waals surface area contributed by atoms with E-state index in [9.17, 15) is 14.4 Å². The Morgan fingerprint density at radius 3 is 2.56 bits per heavy atom. The molecule has 0 unspecified atom stereocenters. The lowest BCUT2D eigenvalue weighted by Gasteiger charge is -2.33. The maximum atomic E-state index is 13.1. The molecule has 1 aliphatic heterocycles. The van der Waals surface area contributed by atoms with Gasteiger partial charge in [-0.05, 0) is 50.1 Å². The van der Waals surface area contributed by atoms with Gasteiger partial charge >= 0.3 is 5.97 Å². The van der Waals surface area contributed by atoms with Gasteiger partial charge in [-0.1, -0.05) is 18.2 Å². The Morgan fingerprint density at radius 1 is 1.12 bits per heavy atom. The summed E-state index contributed by atoms with van der Waals surface area (Å²) in [5, 5.41) is 8.53. The number of aromatic nitrogens is 2. The molecule has 0 radical (unpaired) electrons. The maximum Gasteiger partial charge on any atom is 0.310 e. The first kappa shape index (κ1) is 23.3. The van der Waals surface area contributed by atoms with Crippen LogP contribution in [0.3, 0.4) is 0 Å². The first-order valence-electron chi connectivity index (χ1n) is 11.4. The van der Waals surface area contributed by atoms with Gasteiger partial charge in [0.25, 0.3) is 5.56 Å². The fourth-order valence-electron chi connectivity index (χ4n) is 4.19. The van der Waals surface area contributed by atoms with Crippen LogP contribution in [-0.4, -0.2) is 48.5 Å². The van der Waals surface area contributed by atoms with Crippen molar-refractivity contribution >= 4 is 34.2 Å². The van der Waals surface area contributed by atoms with E-state index in [1.807, 2.05) is 17.0 Å². The molecule has 1 aromatic heterocycles. The summed E-state index contributed by atoms with van der Waals surface area (Å²) in [4.78, 5) is 40.2. The molecular formula is C25H28N4O5. The minimum absolute atomic E-state index is 0.219. The Bertz CT molecular complexity index is 1240. The number of hydrogen-bond acceptors (Lipinski definition) is 7. The van der Waals surface area contributed by atoms with Gasteiger partial charge in [0.05, 0.1) is 25.0 Å². The summed E-state index contributed by atoms with van der Waals surface area (Å²) in [6, 6.07) is 14.1. The van der Waals surface area contributed by atoms with Crippen LogP contribution in [0.4, 0.5) is 11.5 Å². The number of fused-ring (bicyclic) bond motifs is 1. The molecule has 0 saturated carbocycles. The van der Waals surface area contributed by atoms with E-state index in [0.717, 1.165) is 12.8 Å². The summed E-state index contributed by atoms with van der Waals surface area (Å²) in [5.41, 5.74) is 0.247. The SMILES string of the molecule is CCOC(=O)[C@@H]1CCCN(c2nn(CC(=O)Nc3ccc(OC)cc3)c(=O)c3ccccc23)C1. The zero-order chi connectivity index (χ0) is 24.1. The third-order valence-corrected chi connectivity index (χ3v) is 5.86. The number of nitrogens with one attached hydrogen (secondary N) is 1. The largest absolute Gasteiger partial charge is 0.497 e. The predicted molar refractivity (Wildman–Crippen MR) is 129 cm³/mol. The van der Waals surface area contributed by atoms with Crippen molar-refractivity contribution < 1.29 is 19.1 Å². The second-order valence-electron chi connectivity index (χ2n) is 8.15. The Morgan fingerprint density at radius 2 is 1.85 bits per heavy atom. The molecule has 0 bridgehead atoms. The number of amides is 1. The molecule has 2 heterocycles. The molecule has 4 rings (SSSR count). The van der Waals surface area contributed by atoms with Crippen LogP contribution >= 0.6 is 0 Å². The summed E-state index contributed by atoms with van der Waals surface area (Å²) in [6.45, 7) is 3.04. The van der Waals surface area contributed by atoms with Gasteiger partial charge in [-0.3, -0.25) is 14.4 Å². The van der Waals surface area contributed by atoms with Crippen LogP contribution in [0, 0.1) is 5.92 Å². The minimum atomic E-state index is -0.371. The van der Waals surface area contributed by atoms with Crippen molar-refractivity contribution in [3.63, 3.8) is 0 Å². The highest BCUT2D eigenvalue weighted by atomic mass is 16.5. The van der Waals surface area contributed by atoms with Crippen LogP contribution in [0.1, 0.15) is 19.8 Å². The summed E-state index contributed by atoms with van der Waals surface area (Å²) in [7, 11) is 1.57. The summed E-state index contributed by atoms with van der Waals surface area (Å²) in [5.74, 6) is 0.417. The Hall–Kier alpha value is -3.88. The van der Waals surface area contributed by atoms with Gasteiger partial charge in [-0.2, -0.15) is 5.10 Å². The molecule has 1 fully saturated rings. The lowest BCUT2D eigenvalue weighted by molar-refractivity contribution is -0.148. The zero-order valence-corrected chi connectivity index (χ0v) is 19.3. The first-order valence-corrected chi connectivity index (χ1v) is 11.4. The smallest absolute Gasteiger partial charge is 0.310 e. The average Bonchev–Trinajstić information content (AvgIpc) is 2.86. The molecular weight excluding hydrogens is 436 g/mol. The van der Waals surface area contributed by atoms with Gasteiger partial charge < -0.3 is 19.7 Å². The number of piperidine rings is 1. The van der Waals surface area contributed by atoms with Crippen molar-refractivity contribution in [1.29, 1.82) is 0 Å². The van der Waals surface area contributed by atoms with Crippen LogP contribution in [0.15, 0.2) is 53.3 Å². The Labute approximate surface area is 197 Å². The van der Waals surface area contributed by atoms with Crippen molar-refractivity contribution in [3.05, 3.63) is 58.9 Å². The highest BCUT2D eigenvalue weighted by Gasteiger charge is 2.29. The second kappa shape index (κ2) is 10.4. The molecule has 1 amide bonds. The molecule has 0 aliphatic carbocycles. The molecule has 9 heteroatoms.